The predicted octanol–water partition coefficient (Wildman–Crippen LogP) is 2.24. The molecule has 0 saturated carbocycles. The van der Waals surface area contributed by atoms with Crippen LogP contribution in [0.5, 0.6) is 0 Å². The average molecular weight is 232 g/mol. The van der Waals surface area contributed by atoms with Gasteiger partial charge in [-0.25, -0.2) is 0 Å². The number of nitrogens with two attached hydrogens (primary N) is 1. The van der Waals surface area contributed by atoms with E-state index in [-0.39, 0.29) is 5.41 Å². The minimum absolute atomic E-state index is 0.131. The molecule has 1 rings (SSSR count). The highest BCUT2D eigenvalue weighted by molar-refractivity contribution is 7.80. The summed E-state index contributed by atoms with van der Waals surface area (Å²) in [5.41, 5.74) is 5.48. The van der Waals surface area contributed by atoms with E-state index in [1.54, 1.807) is 17.1 Å². The summed E-state index contributed by atoms with van der Waals surface area (Å²) in [4.78, 5) is 0.538. The van der Waals surface area contributed by atoms with Crippen LogP contribution in [0.4, 0.5) is 0 Å². The Morgan fingerprint density at radius 3 is 2.79 bits per heavy atom. The van der Waals surface area contributed by atoms with E-state index in [4.69, 9.17) is 29.6 Å². The smallest absolute Gasteiger partial charge is 0.0785 e. The van der Waals surface area contributed by atoms with Gasteiger partial charge in [-0.05, 0) is 6.42 Å². The van der Waals surface area contributed by atoms with Crippen molar-refractivity contribution < 1.29 is 0 Å². The van der Waals surface area contributed by atoms with Crippen molar-refractivity contribution in [1.29, 1.82) is 0 Å². The number of aryl methyl sites for hydroxylation is 1. The molecule has 1 aromatic heterocycles. The first-order chi connectivity index (χ1) is 6.42. The van der Waals surface area contributed by atoms with Gasteiger partial charge in [0, 0.05) is 18.2 Å². The zero-order chi connectivity index (χ0) is 10.8. The molecule has 0 radical (unpaired) electrons. The van der Waals surface area contributed by atoms with Gasteiger partial charge in [-0.15, -0.1) is 0 Å². The van der Waals surface area contributed by atoms with Crippen LogP contribution in [0.25, 0.3) is 0 Å². The first-order valence-corrected chi connectivity index (χ1v) is 5.18. The number of hydrogen-bond acceptors (Lipinski definition) is 2. The third-order valence-corrected chi connectivity index (χ3v) is 2.98. The van der Waals surface area contributed by atoms with E-state index in [2.05, 4.69) is 5.10 Å². The van der Waals surface area contributed by atoms with Crippen LogP contribution in [-0.2, 0) is 6.54 Å². The Hall–Kier alpha value is -0.610. The summed E-state index contributed by atoms with van der Waals surface area (Å²) in [6.07, 6.45) is 4.27. The molecule has 3 nitrogen and oxygen atoms in total. The number of hydrogen-bond donors (Lipinski definition) is 1. The summed E-state index contributed by atoms with van der Waals surface area (Å²) in [6.45, 7) is 4.83. The maximum Gasteiger partial charge on any atom is 0.0785 e. The van der Waals surface area contributed by atoms with Crippen LogP contribution in [0.15, 0.2) is 12.4 Å². The lowest BCUT2D eigenvalue weighted by Crippen LogP contribution is -2.30. The molecule has 0 aliphatic rings. The molecule has 0 aliphatic carbocycles. The second-order valence-corrected chi connectivity index (χ2v) is 4.80. The quantitative estimate of drug-likeness (QED) is 0.809. The predicted molar refractivity (Wildman–Crippen MR) is 62.4 cm³/mol. The van der Waals surface area contributed by atoms with Crippen molar-refractivity contribution >= 4 is 28.8 Å². The van der Waals surface area contributed by atoms with Crippen molar-refractivity contribution in [3.63, 3.8) is 0 Å². The standard InChI is InChI=1S/C9H14ClN3S/c1-9(2,8(11)14)3-4-13-6-7(10)5-12-13/h5-6H,3-4H2,1-2H3,(H2,11,14). The fourth-order valence-electron chi connectivity index (χ4n) is 0.978. The van der Waals surface area contributed by atoms with Gasteiger partial charge in [0.2, 0.25) is 0 Å². The number of aromatic nitrogens is 2. The molecule has 0 atom stereocenters. The van der Waals surface area contributed by atoms with Crippen molar-refractivity contribution in [1.82, 2.24) is 9.78 Å². The van der Waals surface area contributed by atoms with Crippen LogP contribution in [0.2, 0.25) is 5.02 Å². The van der Waals surface area contributed by atoms with E-state index in [0.29, 0.717) is 10.0 Å². The second-order valence-electron chi connectivity index (χ2n) is 3.92. The highest BCUT2D eigenvalue weighted by Crippen LogP contribution is 2.21. The number of nitrogens with zero attached hydrogens (tertiary/aromatic N) is 2. The van der Waals surface area contributed by atoms with Crippen LogP contribution >= 0.6 is 23.8 Å². The average Bonchev–Trinajstić information content (AvgIpc) is 2.48. The van der Waals surface area contributed by atoms with Crippen molar-refractivity contribution in [2.24, 2.45) is 11.1 Å². The van der Waals surface area contributed by atoms with Gasteiger partial charge in [-0.3, -0.25) is 4.68 Å². The van der Waals surface area contributed by atoms with E-state index >= 15 is 0 Å². The van der Waals surface area contributed by atoms with Gasteiger partial charge in [0.05, 0.1) is 16.2 Å². The highest BCUT2D eigenvalue weighted by atomic mass is 35.5. The molecule has 0 bridgehead atoms. The van der Waals surface area contributed by atoms with Gasteiger partial charge in [-0.1, -0.05) is 37.7 Å². The van der Waals surface area contributed by atoms with Crippen LogP contribution in [0, 0.1) is 5.41 Å². The third-order valence-electron chi connectivity index (χ3n) is 2.23. The zero-order valence-electron chi connectivity index (χ0n) is 8.33. The van der Waals surface area contributed by atoms with Crippen molar-refractivity contribution in [2.45, 2.75) is 26.8 Å². The molecule has 5 heteroatoms. The summed E-state index contributed by atoms with van der Waals surface area (Å²) in [7, 11) is 0. The zero-order valence-corrected chi connectivity index (χ0v) is 9.90. The number of thiocarbonyl (C=S) groups is 1. The lowest BCUT2D eigenvalue weighted by Gasteiger charge is -2.22. The van der Waals surface area contributed by atoms with Gasteiger partial charge in [0.15, 0.2) is 0 Å². The van der Waals surface area contributed by atoms with Gasteiger partial charge in [0.25, 0.3) is 0 Å². The van der Waals surface area contributed by atoms with Gasteiger partial charge >= 0.3 is 0 Å². The Morgan fingerprint density at radius 2 is 2.36 bits per heavy atom. The van der Waals surface area contributed by atoms with Crippen molar-refractivity contribution in [3.05, 3.63) is 17.4 Å². The number of halogens is 1. The van der Waals surface area contributed by atoms with E-state index in [1.165, 1.54) is 0 Å². The largest absolute Gasteiger partial charge is 0.393 e. The Kier molecular flexibility index (Phi) is 3.50. The molecule has 14 heavy (non-hydrogen) atoms. The van der Waals surface area contributed by atoms with E-state index in [1.807, 2.05) is 13.8 Å². The summed E-state index contributed by atoms with van der Waals surface area (Å²) in [6, 6.07) is 0. The SMILES string of the molecule is CC(C)(CCn1cc(Cl)cn1)C(N)=S. The summed E-state index contributed by atoms with van der Waals surface area (Å²) in [5.74, 6) is 0. The molecule has 0 amide bonds. The fraction of sp³-hybridized carbons (Fsp3) is 0.556. The van der Waals surface area contributed by atoms with Crippen LogP contribution < -0.4 is 5.73 Å². The van der Waals surface area contributed by atoms with Gasteiger partial charge in [0.1, 0.15) is 0 Å². The molecule has 0 aliphatic heterocycles. The van der Waals surface area contributed by atoms with E-state index < -0.39 is 0 Å². The Morgan fingerprint density at radius 1 is 1.71 bits per heavy atom. The van der Waals surface area contributed by atoms with Gasteiger partial charge in [-0.2, -0.15) is 5.10 Å². The number of rotatable bonds is 4. The normalized spacial score (nSPS) is 11.6. The topological polar surface area (TPSA) is 43.8 Å². The Balaban J connectivity index is 2.52. The summed E-state index contributed by atoms with van der Waals surface area (Å²) < 4.78 is 1.79. The molecule has 0 aromatic carbocycles. The summed E-state index contributed by atoms with van der Waals surface area (Å²) in [5, 5.41) is 4.73. The van der Waals surface area contributed by atoms with Gasteiger partial charge < -0.3 is 5.73 Å². The Labute approximate surface area is 94.2 Å². The minimum atomic E-state index is -0.131. The molecular weight excluding hydrogens is 218 g/mol. The molecule has 0 spiro atoms. The molecular formula is C9H14ClN3S. The first-order valence-electron chi connectivity index (χ1n) is 4.40. The molecule has 78 valence electrons. The van der Waals surface area contributed by atoms with Crippen LogP contribution in [-0.4, -0.2) is 14.8 Å². The highest BCUT2D eigenvalue weighted by Gasteiger charge is 2.20. The molecule has 2 N–H and O–H groups in total. The monoisotopic (exact) mass is 231 g/mol. The van der Waals surface area contributed by atoms with Crippen molar-refractivity contribution in [3.8, 4) is 0 Å². The summed E-state index contributed by atoms with van der Waals surface area (Å²) >= 11 is 10.7. The third kappa shape index (κ3) is 2.96. The fourth-order valence-corrected chi connectivity index (χ4v) is 1.24. The minimum Gasteiger partial charge on any atom is -0.393 e. The lowest BCUT2D eigenvalue weighted by atomic mass is 9.89. The first kappa shape index (κ1) is 11.5. The van der Waals surface area contributed by atoms with E-state index in [0.717, 1.165) is 13.0 Å². The van der Waals surface area contributed by atoms with Crippen molar-refractivity contribution in [2.75, 3.05) is 0 Å². The molecule has 0 unspecified atom stereocenters. The lowest BCUT2D eigenvalue weighted by molar-refractivity contribution is 0.418. The maximum absolute atomic E-state index is 5.74. The molecule has 1 aromatic rings. The van der Waals surface area contributed by atoms with Crippen LogP contribution in [0.3, 0.4) is 0 Å². The molecule has 1 heterocycles. The van der Waals surface area contributed by atoms with Crippen LogP contribution in [0.1, 0.15) is 20.3 Å². The maximum atomic E-state index is 5.74. The Bertz CT molecular complexity index is 333. The molecule has 0 saturated heterocycles. The second kappa shape index (κ2) is 4.28. The molecule has 0 fully saturated rings. The van der Waals surface area contributed by atoms with E-state index in [9.17, 15) is 0 Å².